The van der Waals surface area contributed by atoms with E-state index >= 15 is 0 Å². The molecule has 0 spiro atoms. The third-order valence-corrected chi connectivity index (χ3v) is 10.7. The van der Waals surface area contributed by atoms with Crippen LogP contribution in [-0.2, 0) is 23.0 Å². The van der Waals surface area contributed by atoms with E-state index in [1.807, 2.05) is 18.3 Å². The van der Waals surface area contributed by atoms with E-state index in [9.17, 15) is 8.42 Å². The molecule has 4 atom stereocenters. The Morgan fingerprint density at radius 1 is 1.14 bits per heavy atom. The molecule has 9 nitrogen and oxygen atoms in total. The molecule has 2 aliphatic carbocycles. The summed E-state index contributed by atoms with van der Waals surface area (Å²) in [5.74, 6) is 1.60. The van der Waals surface area contributed by atoms with Gasteiger partial charge in [0.05, 0.1) is 16.6 Å². The number of fused-ring (bicyclic) bond motifs is 4. The Hall–Kier alpha value is -2.43. The van der Waals surface area contributed by atoms with Crippen LogP contribution < -0.4 is 14.5 Å². The predicted molar refractivity (Wildman–Crippen MR) is 140 cm³/mol. The maximum Gasteiger partial charge on any atom is 0.214 e. The number of sulfonamides is 1. The highest BCUT2D eigenvalue weighted by molar-refractivity contribution is 7.90. The number of nitrogens with zero attached hydrogens (tertiary/aromatic N) is 5. The number of hydrogen-bond donors (Lipinski definition) is 2. The van der Waals surface area contributed by atoms with Crippen molar-refractivity contribution in [3.05, 3.63) is 41.1 Å². The summed E-state index contributed by atoms with van der Waals surface area (Å²) in [4.78, 5) is 21.8. The highest BCUT2D eigenvalue weighted by Gasteiger charge is 2.47. The molecule has 5 heterocycles. The molecule has 4 aliphatic rings. The Balaban J connectivity index is 1.18. The number of nitrogens with one attached hydrogen (secondary N) is 2. The van der Waals surface area contributed by atoms with Crippen LogP contribution in [0, 0.1) is 11.8 Å². The molecular weight excluding hydrogens is 498 g/mol. The molecule has 0 radical (unpaired) electrons. The first-order valence-corrected chi connectivity index (χ1v) is 14.8. The SMILES string of the molecule is C[C@@H]1Cc2ncnc(N3C[C@H]4CC[C@@H](C3)C4NS(=O)(=O)C3CC3)c2CN1c1cc(Cl)nc2[nH]ccc12. The lowest BCUT2D eigenvalue weighted by Crippen LogP contribution is -2.53. The summed E-state index contributed by atoms with van der Waals surface area (Å²) in [5, 5.41) is 1.34. The number of H-pyrrole nitrogens is 1. The summed E-state index contributed by atoms with van der Waals surface area (Å²) in [6.45, 7) is 4.54. The molecule has 190 valence electrons. The number of aromatic amines is 1. The lowest BCUT2D eigenvalue weighted by molar-refractivity contribution is 0.329. The van der Waals surface area contributed by atoms with Gasteiger partial charge in [0.1, 0.15) is 22.9 Å². The second kappa shape index (κ2) is 8.29. The van der Waals surface area contributed by atoms with Crippen LogP contribution in [0.5, 0.6) is 0 Å². The van der Waals surface area contributed by atoms with Crippen molar-refractivity contribution >= 4 is 44.2 Å². The van der Waals surface area contributed by atoms with Gasteiger partial charge in [-0.15, -0.1) is 0 Å². The van der Waals surface area contributed by atoms with Gasteiger partial charge >= 0.3 is 0 Å². The van der Waals surface area contributed by atoms with Crippen LogP contribution in [0.1, 0.15) is 43.9 Å². The largest absolute Gasteiger partial charge is 0.363 e. The van der Waals surface area contributed by atoms with Crippen LogP contribution in [0.3, 0.4) is 0 Å². The zero-order chi connectivity index (χ0) is 24.6. The second-order valence-corrected chi connectivity index (χ2v) is 13.3. The molecule has 2 aliphatic heterocycles. The minimum Gasteiger partial charge on any atom is -0.363 e. The maximum absolute atomic E-state index is 12.7. The van der Waals surface area contributed by atoms with Crippen molar-refractivity contribution < 1.29 is 8.42 Å². The molecule has 1 saturated heterocycles. The molecule has 0 amide bonds. The Morgan fingerprint density at radius 3 is 2.67 bits per heavy atom. The van der Waals surface area contributed by atoms with E-state index in [1.165, 1.54) is 0 Å². The molecule has 3 aromatic heterocycles. The monoisotopic (exact) mass is 527 g/mol. The molecule has 7 rings (SSSR count). The summed E-state index contributed by atoms with van der Waals surface area (Å²) < 4.78 is 28.4. The fourth-order valence-electron chi connectivity index (χ4n) is 6.57. The molecule has 1 unspecified atom stereocenters. The highest BCUT2D eigenvalue weighted by atomic mass is 35.5. The first-order chi connectivity index (χ1) is 17.4. The standard InChI is InChI=1S/C25H30ClN7O2S/c1-14-8-20-19(12-33(14)21-9-22(26)30-24-18(21)6-7-27-24)25(29-13-28-20)32-10-15-2-3-16(11-32)23(15)31-36(34,35)17-4-5-17/h6-7,9,13-17,23,31H,2-5,8,10-12H2,1H3,(H,27,30)/t14-,15-,16+,23?/m1/s1. The van der Waals surface area contributed by atoms with Crippen molar-refractivity contribution in [1.29, 1.82) is 0 Å². The van der Waals surface area contributed by atoms with Gasteiger partial charge in [0, 0.05) is 55.3 Å². The van der Waals surface area contributed by atoms with E-state index in [4.69, 9.17) is 16.6 Å². The molecule has 2 saturated carbocycles. The van der Waals surface area contributed by atoms with Crippen molar-refractivity contribution in [2.45, 2.75) is 62.9 Å². The molecule has 11 heteroatoms. The first kappa shape index (κ1) is 22.7. The number of anilines is 2. The van der Waals surface area contributed by atoms with Gasteiger partial charge in [0.25, 0.3) is 0 Å². The molecule has 3 aromatic rings. The van der Waals surface area contributed by atoms with E-state index in [0.717, 1.165) is 79.0 Å². The quantitative estimate of drug-likeness (QED) is 0.490. The van der Waals surface area contributed by atoms with Crippen LogP contribution in [-0.4, -0.2) is 58.8 Å². The minimum absolute atomic E-state index is 0.0434. The van der Waals surface area contributed by atoms with Gasteiger partial charge in [0.15, 0.2) is 0 Å². The van der Waals surface area contributed by atoms with E-state index in [0.29, 0.717) is 23.5 Å². The number of hydrogen-bond acceptors (Lipinski definition) is 7. The van der Waals surface area contributed by atoms with Crippen molar-refractivity contribution in [2.75, 3.05) is 22.9 Å². The summed E-state index contributed by atoms with van der Waals surface area (Å²) in [6, 6.07) is 4.28. The maximum atomic E-state index is 12.7. The minimum atomic E-state index is -3.19. The van der Waals surface area contributed by atoms with Gasteiger partial charge in [-0.1, -0.05) is 11.6 Å². The van der Waals surface area contributed by atoms with E-state index in [1.54, 1.807) is 6.33 Å². The predicted octanol–water partition coefficient (Wildman–Crippen LogP) is 3.25. The van der Waals surface area contributed by atoms with Crippen molar-refractivity contribution in [3.63, 3.8) is 0 Å². The van der Waals surface area contributed by atoms with E-state index < -0.39 is 10.0 Å². The molecular formula is C25H30ClN7O2S. The number of piperidine rings is 1. The van der Waals surface area contributed by atoms with Gasteiger partial charge in [-0.25, -0.2) is 28.1 Å². The summed E-state index contributed by atoms with van der Waals surface area (Å²) >= 11 is 6.38. The lowest BCUT2D eigenvalue weighted by atomic mass is 9.92. The molecule has 0 aromatic carbocycles. The third-order valence-electron chi connectivity index (χ3n) is 8.54. The Bertz CT molecular complexity index is 1430. The molecule has 3 fully saturated rings. The van der Waals surface area contributed by atoms with Gasteiger partial charge < -0.3 is 14.8 Å². The Kier molecular flexibility index (Phi) is 5.24. The average Bonchev–Trinajstić information content (AvgIpc) is 3.58. The first-order valence-electron chi connectivity index (χ1n) is 12.9. The van der Waals surface area contributed by atoms with Crippen molar-refractivity contribution in [2.24, 2.45) is 11.8 Å². The lowest BCUT2D eigenvalue weighted by Gasteiger charge is -2.42. The van der Waals surface area contributed by atoms with E-state index in [2.05, 4.69) is 36.4 Å². The number of pyridine rings is 1. The van der Waals surface area contributed by atoms with Crippen LogP contribution in [0.2, 0.25) is 5.15 Å². The molecule has 36 heavy (non-hydrogen) atoms. The smallest absolute Gasteiger partial charge is 0.214 e. The third kappa shape index (κ3) is 3.76. The topological polar surface area (TPSA) is 107 Å². The van der Waals surface area contributed by atoms with Crippen molar-refractivity contribution in [3.8, 4) is 0 Å². The Morgan fingerprint density at radius 2 is 1.92 bits per heavy atom. The Labute approximate surface area is 215 Å². The van der Waals surface area contributed by atoms with Crippen LogP contribution in [0.4, 0.5) is 11.5 Å². The van der Waals surface area contributed by atoms with E-state index in [-0.39, 0.29) is 17.3 Å². The number of aromatic nitrogens is 4. The van der Waals surface area contributed by atoms with Crippen LogP contribution in [0.15, 0.2) is 24.7 Å². The fourth-order valence-corrected chi connectivity index (χ4v) is 8.47. The summed E-state index contributed by atoms with van der Waals surface area (Å²) in [7, 11) is -3.19. The zero-order valence-corrected chi connectivity index (χ0v) is 21.8. The zero-order valence-electron chi connectivity index (χ0n) is 20.2. The molecule has 2 N–H and O–H groups in total. The number of rotatable bonds is 5. The number of halogens is 1. The van der Waals surface area contributed by atoms with Crippen LogP contribution >= 0.6 is 11.6 Å². The van der Waals surface area contributed by atoms with Crippen molar-refractivity contribution in [1.82, 2.24) is 24.7 Å². The van der Waals surface area contributed by atoms with Crippen LogP contribution in [0.25, 0.3) is 11.0 Å². The fraction of sp³-hybridized carbons (Fsp3) is 0.560. The summed E-state index contributed by atoms with van der Waals surface area (Å²) in [5.41, 5.74) is 4.10. The summed E-state index contributed by atoms with van der Waals surface area (Å²) in [6.07, 6.45) is 8.10. The molecule has 2 bridgehead atoms. The van der Waals surface area contributed by atoms with Gasteiger partial charge in [-0.2, -0.15) is 0 Å². The van der Waals surface area contributed by atoms with Gasteiger partial charge in [-0.05, 0) is 56.6 Å². The van der Waals surface area contributed by atoms with Gasteiger partial charge in [0.2, 0.25) is 10.0 Å². The van der Waals surface area contributed by atoms with Gasteiger partial charge in [-0.3, -0.25) is 0 Å². The average molecular weight is 528 g/mol. The normalized spacial score (nSPS) is 28.1. The second-order valence-electron chi connectivity index (χ2n) is 10.9. The highest BCUT2D eigenvalue weighted by Crippen LogP contribution is 2.42.